The van der Waals surface area contributed by atoms with Gasteiger partial charge in [0.1, 0.15) is 6.61 Å². The number of nitrogens with one attached hydrogen (secondary N) is 2. The monoisotopic (exact) mass is 427 g/mol. The first kappa shape index (κ1) is 21.3. The van der Waals surface area contributed by atoms with Crippen LogP contribution in [0, 0.1) is 10.1 Å². The summed E-state index contributed by atoms with van der Waals surface area (Å²) in [5, 5.41) is 18.1. The number of carbonyl (C=O) groups is 1. The smallest absolute Gasteiger partial charge is 0.315 e. The van der Waals surface area contributed by atoms with E-state index in [1.807, 2.05) is 30.3 Å². The quantitative estimate of drug-likeness (QED) is 0.393. The van der Waals surface area contributed by atoms with Gasteiger partial charge in [0, 0.05) is 17.3 Å². The molecule has 1 aliphatic heterocycles. The molecule has 0 aromatic heterocycles. The Balaban J connectivity index is 2.06. The third-order valence-corrected chi connectivity index (χ3v) is 4.90. The molecule has 156 valence electrons. The summed E-state index contributed by atoms with van der Waals surface area (Å²) in [4.78, 5) is 23.5. The molecule has 9 heteroatoms. The molecule has 0 bridgehead atoms. The zero-order chi connectivity index (χ0) is 21.8. The van der Waals surface area contributed by atoms with Crippen LogP contribution >= 0.6 is 12.2 Å². The van der Waals surface area contributed by atoms with Crippen molar-refractivity contribution in [1.29, 1.82) is 0 Å². The van der Waals surface area contributed by atoms with Crippen LogP contribution in [0.5, 0.6) is 11.5 Å². The summed E-state index contributed by atoms with van der Waals surface area (Å²) in [5.41, 5.74) is 2.12. The van der Waals surface area contributed by atoms with E-state index in [0.717, 1.165) is 5.56 Å². The summed E-state index contributed by atoms with van der Waals surface area (Å²) in [6, 6.07) is 11.7. The van der Waals surface area contributed by atoms with Crippen LogP contribution in [-0.4, -0.2) is 22.9 Å². The van der Waals surface area contributed by atoms with Gasteiger partial charge >= 0.3 is 5.69 Å². The first-order valence-corrected chi connectivity index (χ1v) is 9.55. The maximum Gasteiger partial charge on any atom is 0.315 e. The van der Waals surface area contributed by atoms with Gasteiger partial charge in [-0.15, -0.1) is 0 Å². The molecular formula is C21H21N3O5S. The van der Waals surface area contributed by atoms with Crippen molar-refractivity contribution in [2.45, 2.75) is 26.5 Å². The number of allylic oxidation sites excluding steroid dienone is 1. The van der Waals surface area contributed by atoms with Crippen LogP contribution in [0.2, 0.25) is 0 Å². The predicted octanol–water partition coefficient (Wildman–Crippen LogP) is 3.56. The molecule has 2 aromatic rings. The second-order valence-electron chi connectivity index (χ2n) is 6.73. The van der Waals surface area contributed by atoms with Crippen LogP contribution in [0.4, 0.5) is 5.69 Å². The van der Waals surface area contributed by atoms with Crippen molar-refractivity contribution in [2.75, 3.05) is 7.11 Å². The van der Waals surface area contributed by atoms with Crippen LogP contribution in [-0.2, 0) is 11.4 Å². The Morgan fingerprint density at radius 2 is 1.97 bits per heavy atom. The number of thiocarbonyl (C=S) groups is 1. The second-order valence-corrected chi connectivity index (χ2v) is 7.14. The molecule has 1 aliphatic rings. The summed E-state index contributed by atoms with van der Waals surface area (Å²) in [6.45, 7) is 3.32. The van der Waals surface area contributed by atoms with Gasteiger partial charge in [-0.2, -0.15) is 0 Å². The van der Waals surface area contributed by atoms with Gasteiger partial charge in [-0.25, -0.2) is 0 Å². The van der Waals surface area contributed by atoms with E-state index < -0.39 is 11.0 Å². The molecule has 0 saturated heterocycles. The molecule has 0 fully saturated rings. The Hall–Kier alpha value is -3.46. The Kier molecular flexibility index (Phi) is 6.31. The number of carbonyl (C=O) groups excluding carboxylic acids is 1. The number of rotatable bonds is 7. The van der Waals surface area contributed by atoms with Crippen LogP contribution in [0.3, 0.4) is 0 Å². The molecule has 0 aliphatic carbocycles. The highest BCUT2D eigenvalue weighted by Gasteiger charge is 2.31. The minimum Gasteiger partial charge on any atom is -0.493 e. The molecule has 2 aromatic carbocycles. The van der Waals surface area contributed by atoms with Crippen molar-refractivity contribution in [1.82, 2.24) is 10.6 Å². The number of methoxy groups -OCH3 is 1. The van der Waals surface area contributed by atoms with E-state index >= 15 is 0 Å². The van der Waals surface area contributed by atoms with Gasteiger partial charge in [-0.3, -0.25) is 14.9 Å². The molecule has 0 spiro atoms. The van der Waals surface area contributed by atoms with Gasteiger partial charge in [-0.05, 0) is 43.3 Å². The second kappa shape index (κ2) is 8.91. The largest absolute Gasteiger partial charge is 0.493 e. The molecule has 1 heterocycles. The van der Waals surface area contributed by atoms with E-state index in [1.165, 1.54) is 20.1 Å². The lowest BCUT2D eigenvalue weighted by atomic mass is 9.92. The molecule has 8 nitrogen and oxygen atoms in total. The van der Waals surface area contributed by atoms with E-state index in [2.05, 4.69) is 10.6 Å². The van der Waals surface area contributed by atoms with Gasteiger partial charge < -0.3 is 20.1 Å². The number of hydrogen-bond donors (Lipinski definition) is 2. The summed E-state index contributed by atoms with van der Waals surface area (Å²) >= 11 is 5.21. The normalized spacial score (nSPS) is 15.8. The fraction of sp³-hybridized carbons (Fsp3) is 0.238. The lowest BCUT2D eigenvalue weighted by molar-refractivity contribution is -0.386. The number of nitro groups is 1. The highest BCUT2D eigenvalue weighted by Crippen LogP contribution is 2.42. The van der Waals surface area contributed by atoms with Crippen molar-refractivity contribution < 1.29 is 19.2 Å². The number of Topliss-reactive ketones (excluding diaryl/α,β-unsaturated/α-hetero) is 1. The average Bonchev–Trinajstić information content (AvgIpc) is 2.71. The molecule has 30 heavy (non-hydrogen) atoms. The molecule has 0 saturated carbocycles. The molecule has 0 radical (unpaired) electrons. The molecule has 1 unspecified atom stereocenters. The number of ketones is 1. The van der Waals surface area contributed by atoms with Crippen molar-refractivity contribution in [3.05, 3.63) is 75.0 Å². The number of nitro benzene ring substituents is 1. The Labute approximate surface area is 179 Å². The number of hydrogen-bond acceptors (Lipinski definition) is 6. The SMILES string of the molecule is COc1cc(C2NC(=S)NC(C)=C2C(C)=O)cc([N+](=O)[O-])c1OCc1ccccc1. The molecule has 1 atom stereocenters. The molecule has 3 rings (SSSR count). The summed E-state index contributed by atoms with van der Waals surface area (Å²) in [6.07, 6.45) is 0. The first-order chi connectivity index (χ1) is 14.3. The minimum atomic E-state index is -0.646. The maximum absolute atomic E-state index is 12.2. The van der Waals surface area contributed by atoms with Gasteiger partial charge in [0.15, 0.2) is 16.6 Å². The van der Waals surface area contributed by atoms with Crippen LogP contribution in [0.1, 0.15) is 31.0 Å². The fourth-order valence-electron chi connectivity index (χ4n) is 3.35. The van der Waals surface area contributed by atoms with Crippen molar-refractivity contribution in [3.63, 3.8) is 0 Å². The van der Waals surface area contributed by atoms with Gasteiger partial charge in [0.25, 0.3) is 0 Å². The van der Waals surface area contributed by atoms with Crippen molar-refractivity contribution in [3.8, 4) is 11.5 Å². The Morgan fingerprint density at radius 1 is 1.27 bits per heavy atom. The van der Waals surface area contributed by atoms with Crippen LogP contribution < -0.4 is 20.1 Å². The molecule has 0 amide bonds. The Bertz CT molecular complexity index is 1040. The van der Waals surface area contributed by atoms with Crippen molar-refractivity contribution in [2.24, 2.45) is 0 Å². The zero-order valence-electron chi connectivity index (χ0n) is 16.7. The van der Waals surface area contributed by atoms with Gasteiger partial charge in [-0.1, -0.05) is 30.3 Å². The van der Waals surface area contributed by atoms with Crippen LogP contribution in [0.15, 0.2) is 53.7 Å². The fourth-order valence-corrected chi connectivity index (χ4v) is 3.62. The van der Waals surface area contributed by atoms with E-state index in [4.69, 9.17) is 21.7 Å². The predicted molar refractivity (Wildman–Crippen MR) is 115 cm³/mol. The molecule has 2 N–H and O–H groups in total. The zero-order valence-corrected chi connectivity index (χ0v) is 17.5. The third kappa shape index (κ3) is 4.41. The van der Waals surface area contributed by atoms with E-state index in [-0.39, 0.29) is 29.6 Å². The number of ether oxygens (including phenoxy) is 2. The Morgan fingerprint density at radius 3 is 2.57 bits per heavy atom. The topological polar surface area (TPSA) is 103 Å². The first-order valence-electron chi connectivity index (χ1n) is 9.14. The highest BCUT2D eigenvalue weighted by atomic mass is 32.1. The highest BCUT2D eigenvalue weighted by molar-refractivity contribution is 7.80. The number of benzene rings is 2. The van der Waals surface area contributed by atoms with Crippen molar-refractivity contribution >= 4 is 28.8 Å². The van der Waals surface area contributed by atoms with E-state index in [9.17, 15) is 14.9 Å². The molecular weight excluding hydrogens is 406 g/mol. The maximum atomic E-state index is 12.2. The minimum absolute atomic E-state index is 0.0247. The summed E-state index contributed by atoms with van der Waals surface area (Å²) in [5.74, 6) is 0.0460. The van der Waals surface area contributed by atoms with Gasteiger partial charge in [0.2, 0.25) is 5.75 Å². The van der Waals surface area contributed by atoms with Gasteiger partial charge in [0.05, 0.1) is 18.1 Å². The van der Waals surface area contributed by atoms with Crippen LogP contribution in [0.25, 0.3) is 0 Å². The lowest BCUT2D eigenvalue weighted by Crippen LogP contribution is -2.44. The standard InChI is InChI=1S/C21H21N3O5S/c1-12-18(13(2)25)19(23-21(30)22-12)15-9-16(24(26)27)20(17(10-15)28-3)29-11-14-7-5-4-6-8-14/h4-10,19H,11H2,1-3H3,(H2,22,23,30). The average molecular weight is 427 g/mol. The van der Waals surface area contributed by atoms with E-state index in [1.54, 1.807) is 13.0 Å². The van der Waals surface area contributed by atoms with E-state index in [0.29, 0.717) is 21.9 Å². The third-order valence-electron chi connectivity index (χ3n) is 4.68. The number of nitrogens with zero attached hydrogens (tertiary/aromatic N) is 1. The lowest BCUT2D eigenvalue weighted by Gasteiger charge is -2.30. The summed E-state index contributed by atoms with van der Waals surface area (Å²) < 4.78 is 11.2. The summed E-state index contributed by atoms with van der Waals surface area (Å²) in [7, 11) is 1.41.